The molecule has 2 aromatic carbocycles. The maximum Gasteiger partial charge on any atom is 0.240 e. The van der Waals surface area contributed by atoms with Gasteiger partial charge in [-0.2, -0.15) is 0 Å². The van der Waals surface area contributed by atoms with Gasteiger partial charge >= 0.3 is 0 Å². The summed E-state index contributed by atoms with van der Waals surface area (Å²) in [4.78, 5) is 0.0931. The molecular weight excluding hydrogens is 331 g/mol. The Labute approximate surface area is 133 Å². The topological polar surface area (TPSA) is 72.2 Å². The molecule has 0 radical (unpaired) electrons. The number of rotatable bonds is 5. The van der Waals surface area contributed by atoms with Crippen molar-refractivity contribution in [1.29, 1.82) is 0 Å². The number of sulfonamides is 1. The number of hydrogen-bond donors (Lipinski definition) is 2. The van der Waals surface area contributed by atoms with E-state index in [1.807, 2.05) is 12.1 Å². The molecule has 0 aliphatic rings. The Balaban J connectivity index is 2.03. The number of benzene rings is 2. The van der Waals surface area contributed by atoms with Crippen molar-refractivity contribution in [2.24, 2.45) is 0 Å². The Kier molecular flexibility index (Phi) is 5.11. The van der Waals surface area contributed by atoms with Crippen LogP contribution < -0.4 is 10.5 Å². The van der Waals surface area contributed by atoms with E-state index in [-0.39, 0.29) is 17.1 Å². The van der Waals surface area contributed by atoms with Crippen molar-refractivity contribution < 1.29 is 8.42 Å². The predicted octanol–water partition coefficient (Wildman–Crippen LogP) is 3.10. The summed E-state index contributed by atoms with van der Waals surface area (Å²) in [5, 5.41) is 0.953. The molecule has 0 bridgehead atoms. The molecule has 0 heterocycles. The smallest absolute Gasteiger partial charge is 0.240 e. The van der Waals surface area contributed by atoms with Crippen molar-refractivity contribution in [2.45, 2.75) is 11.3 Å². The minimum atomic E-state index is -3.60. The molecule has 0 aliphatic carbocycles. The first kappa shape index (κ1) is 16.1. The summed E-state index contributed by atoms with van der Waals surface area (Å²) < 4.78 is 26.8. The minimum Gasteiger partial charge on any atom is -0.397 e. The first-order chi connectivity index (χ1) is 9.88. The summed E-state index contributed by atoms with van der Waals surface area (Å²) in [7, 11) is -3.60. The standard InChI is InChI=1S/C14H14Cl2N2O2S/c15-11-3-1-2-10(8-11)6-7-18-21(19,20)12-4-5-13(16)14(17)9-12/h1-5,8-9,18H,6-7,17H2. The highest BCUT2D eigenvalue weighted by molar-refractivity contribution is 7.89. The Hall–Kier alpha value is -1.27. The quantitative estimate of drug-likeness (QED) is 0.818. The van der Waals surface area contributed by atoms with Crippen LogP contribution in [0.15, 0.2) is 47.4 Å². The Morgan fingerprint density at radius 1 is 1.10 bits per heavy atom. The molecular formula is C14H14Cl2N2O2S. The molecule has 0 saturated heterocycles. The highest BCUT2D eigenvalue weighted by Gasteiger charge is 2.14. The van der Waals surface area contributed by atoms with E-state index in [2.05, 4.69) is 4.72 Å². The molecule has 21 heavy (non-hydrogen) atoms. The second kappa shape index (κ2) is 6.66. The molecule has 3 N–H and O–H groups in total. The van der Waals surface area contributed by atoms with Crippen molar-refractivity contribution in [1.82, 2.24) is 4.72 Å². The number of nitrogens with two attached hydrogens (primary N) is 1. The lowest BCUT2D eigenvalue weighted by Gasteiger charge is -2.08. The highest BCUT2D eigenvalue weighted by atomic mass is 35.5. The van der Waals surface area contributed by atoms with E-state index in [4.69, 9.17) is 28.9 Å². The lowest BCUT2D eigenvalue weighted by molar-refractivity contribution is 0.581. The first-order valence-electron chi connectivity index (χ1n) is 6.17. The van der Waals surface area contributed by atoms with Gasteiger partial charge in [-0.15, -0.1) is 0 Å². The van der Waals surface area contributed by atoms with Gasteiger partial charge in [0, 0.05) is 11.6 Å². The van der Waals surface area contributed by atoms with Gasteiger partial charge in [0.05, 0.1) is 15.6 Å². The van der Waals surface area contributed by atoms with Crippen LogP contribution in [-0.4, -0.2) is 15.0 Å². The fraction of sp³-hybridized carbons (Fsp3) is 0.143. The Morgan fingerprint density at radius 3 is 2.52 bits per heavy atom. The molecule has 0 saturated carbocycles. The van der Waals surface area contributed by atoms with Gasteiger partial charge < -0.3 is 5.73 Å². The average Bonchev–Trinajstić information content (AvgIpc) is 2.41. The van der Waals surface area contributed by atoms with Crippen molar-refractivity contribution >= 4 is 38.9 Å². The monoisotopic (exact) mass is 344 g/mol. The van der Waals surface area contributed by atoms with Gasteiger partial charge in [-0.1, -0.05) is 35.3 Å². The molecule has 2 aromatic rings. The van der Waals surface area contributed by atoms with Crippen LogP contribution in [0.4, 0.5) is 5.69 Å². The number of nitrogen functional groups attached to an aromatic ring is 1. The van der Waals surface area contributed by atoms with E-state index in [9.17, 15) is 8.42 Å². The van der Waals surface area contributed by atoms with E-state index in [0.717, 1.165) is 5.56 Å². The zero-order chi connectivity index (χ0) is 15.5. The Morgan fingerprint density at radius 2 is 1.86 bits per heavy atom. The molecule has 0 amide bonds. The maximum atomic E-state index is 12.1. The molecule has 0 fully saturated rings. The van der Waals surface area contributed by atoms with E-state index < -0.39 is 10.0 Å². The lowest BCUT2D eigenvalue weighted by Crippen LogP contribution is -2.26. The predicted molar refractivity (Wildman–Crippen MR) is 86.2 cm³/mol. The summed E-state index contributed by atoms with van der Waals surface area (Å²) in [6.45, 7) is 0.269. The highest BCUT2D eigenvalue weighted by Crippen LogP contribution is 2.22. The zero-order valence-electron chi connectivity index (χ0n) is 11.0. The minimum absolute atomic E-state index is 0.0931. The zero-order valence-corrected chi connectivity index (χ0v) is 13.3. The third-order valence-electron chi connectivity index (χ3n) is 2.87. The summed E-state index contributed by atoms with van der Waals surface area (Å²) in [6, 6.07) is 11.5. The van der Waals surface area contributed by atoms with Gasteiger partial charge in [0.2, 0.25) is 10.0 Å². The second-order valence-electron chi connectivity index (χ2n) is 4.46. The Bertz CT molecular complexity index is 748. The van der Waals surface area contributed by atoms with Crippen LogP contribution >= 0.6 is 23.2 Å². The van der Waals surface area contributed by atoms with E-state index in [1.165, 1.54) is 18.2 Å². The van der Waals surface area contributed by atoms with Crippen molar-refractivity contribution in [3.05, 3.63) is 58.1 Å². The summed E-state index contributed by atoms with van der Waals surface area (Å²) in [5.74, 6) is 0. The molecule has 4 nitrogen and oxygen atoms in total. The van der Waals surface area contributed by atoms with Crippen molar-refractivity contribution in [3.8, 4) is 0 Å². The average molecular weight is 345 g/mol. The molecule has 2 rings (SSSR count). The summed E-state index contributed by atoms with van der Waals surface area (Å²) in [6.07, 6.45) is 0.545. The van der Waals surface area contributed by atoms with Crippen molar-refractivity contribution in [3.63, 3.8) is 0 Å². The lowest BCUT2D eigenvalue weighted by atomic mass is 10.2. The van der Waals surface area contributed by atoms with Crippen molar-refractivity contribution in [2.75, 3.05) is 12.3 Å². The second-order valence-corrected chi connectivity index (χ2v) is 7.07. The van der Waals surface area contributed by atoms with Crippen LogP contribution in [0.25, 0.3) is 0 Å². The molecule has 0 atom stereocenters. The van der Waals surface area contributed by atoms with E-state index >= 15 is 0 Å². The maximum absolute atomic E-state index is 12.1. The van der Waals surface area contributed by atoms with Crippen LogP contribution in [0.1, 0.15) is 5.56 Å². The van der Waals surface area contributed by atoms with Gasteiger partial charge in [-0.3, -0.25) is 0 Å². The number of halogens is 2. The SMILES string of the molecule is Nc1cc(S(=O)(=O)NCCc2cccc(Cl)c2)ccc1Cl. The van der Waals surface area contributed by atoms with E-state index in [0.29, 0.717) is 16.5 Å². The number of nitrogens with one attached hydrogen (secondary N) is 1. The van der Waals surface area contributed by atoms with Crippen LogP contribution in [-0.2, 0) is 16.4 Å². The molecule has 7 heteroatoms. The number of anilines is 1. The van der Waals surface area contributed by atoms with Gasteiger partial charge in [-0.25, -0.2) is 13.1 Å². The van der Waals surface area contributed by atoms with Crippen LogP contribution in [0.2, 0.25) is 10.0 Å². The van der Waals surface area contributed by atoms with Gasteiger partial charge in [-0.05, 0) is 42.3 Å². The fourth-order valence-corrected chi connectivity index (χ4v) is 3.19. The largest absolute Gasteiger partial charge is 0.397 e. The van der Waals surface area contributed by atoms with Crippen LogP contribution in [0.3, 0.4) is 0 Å². The van der Waals surface area contributed by atoms with Crippen LogP contribution in [0, 0.1) is 0 Å². The van der Waals surface area contributed by atoms with Gasteiger partial charge in [0.1, 0.15) is 0 Å². The fourth-order valence-electron chi connectivity index (χ4n) is 1.79. The normalized spacial score (nSPS) is 11.5. The first-order valence-corrected chi connectivity index (χ1v) is 8.41. The third kappa shape index (κ3) is 4.35. The number of hydrogen-bond acceptors (Lipinski definition) is 3. The molecule has 0 unspecified atom stereocenters. The molecule has 0 spiro atoms. The van der Waals surface area contributed by atoms with Gasteiger partial charge in [0.15, 0.2) is 0 Å². The molecule has 112 valence electrons. The summed E-state index contributed by atoms with van der Waals surface area (Å²) >= 11 is 11.7. The third-order valence-corrected chi connectivity index (χ3v) is 4.91. The van der Waals surface area contributed by atoms with Crippen LogP contribution in [0.5, 0.6) is 0 Å². The summed E-state index contributed by atoms with van der Waals surface area (Å²) in [5.41, 5.74) is 6.80. The molecule has 0 aliphatic heterocycles. The van der Waals surface area contributed by atoms with E-state index in [1.54, 1.807) is 12.1 Å². The van der Waals surface area contributed by atoms with Gasteiger partial charge in [0.25, 0.3) is 0 Å². The molecule has 0 aromatic heterocycles.